The van der Waals surface area contributed by atoms with Gasteiger partial charge in [-0.1, -0.05) is 0 Å². The highest BCUT2D eigenvalue weighted by Crippen LogP contribution is 2.21. The van der Waals surface area contributed by atoms with Gasteiger partial charge in [-0.25, -0.2) is 9.18 Å². The summed E-state index contributed by atoms with van der Waals surface area (Å²) in [4.78, 5) is 11.1. The number of rotatable bonds is 5. The average Bonchev–Trinajstić information content (AvgIpc) is 2.30. The van der Waals surface area contributed by atoms with E-state index in [-0.39, 0.29) is 0 Å². The molecule has 4 nitrogen and oxygen atoms in total. The molecule has 0 aliphatic heterocycles. The van der Waals surface area contributed by atoms with Gasteiger partial charge in [-0.05, 0) is 31.2 Å². The van der Waals surface area contributed by atoms with Crippen molar-refractivity contribution < 1.29 is 18.7 Å². The number of halogens is 1. The Kier molecular flexibility index (Phi) is 5.00. The van der Waals surface area contributed by atoms with Gasteiger partial charge in [0.25, 0.3) is 0 Å². The lowest BCUT2D eigenvalue weighted by Gasteiger charge is -2.05. The van der Waals surface area contributed by atoms with E-state index in [0.717, 1.165) is 0 Å². The van der Waals surface area contributed by atoms with Crippen molar-refractivity contribution in [3.63, 3.8) is 0 Å². The summed E-state index contributed by atoms with van der Waals surface area (Å²) in [6.07, 6.45) is 2.76. The fourth-order valence-corrected chi connectivity index (χ4v) is 1.20. The number of carbonyl (C=O) groups excluding carboxylic acids is 1. The van der Waals surface area contributed by atoms with Crippen LogP contribution in [0.5, 0.6) is 5.75 Å². The van der Waals surface area contributed by atoms with E-state index in [1.54, 1.807) is 25.1 Å². The number of nitrogens with two attached hydrogens (primary N) is 1. The van der Waals surface area contributed by atoms with E-state index < -0.39 is 12.8 Å². The summed E-state index contributed by atoms with van der Waals surface area (Å²) in [5.74, 6) is -0.103. The summed E-state index contributed by atoms with van der Waals surface area (Å²) in [6, 6.07) is 4.68. The lowest BCUT2D eigenvalue weighted by molar-refractivity contribution is -0.137. The van der Waals surface area contributed by atoms with Crippen LogP contribution < -0.4 is 10.5 Å². The molecule has 0 radical (unpaired) electrons. The predicted octanol–water partition coefficient (Wildman–Crippen LogP) is 2.15. The van der Waals surface area contributed by atoms with Crippen LogP contribution in [0.15, 0.2) is 24.3 Å². The number of carbonyl (C=O) groups is 1. The van der Waals surface area contributed by atoms with Gasteiger partial charge in [0.15, 0.2) is 0 Å². The molecule has 0 bridgehead atoms. The molecule has 2 N–H and O–H groups in total. The minimum atomic E-state index is -0.912. The molecule has 0 heterocycles. The fourth-order valence-electron chi connectivity index (χ4n) is 1.20. The van der Waals surface area contributed by atoms with Crippen LogP contribution >= 0.6 is 0 Å². The van der Waals surface area contributed by atoms with E-state index in [2.05, 4.69) is 4.74 Å². The van der Waals surface area contributed by atoms with E-state index in [9.17, 15) is 9.18 Å². The highest BCUT2D eigenvalue weighted by molar-refractivity contribution is 5.88. The fraction of sp³-hybridized carbons (Fsp3) is 0.250. The lowest BCUT2D eigenvalue weighted by atomic mass is 10.1. The van der Waals surface area contributed by atoms with E-state index >= 15 is 0 Å². The number of benzene rings is 1. The first-order valence-corrected chi connectivity index (χ1v) is 5.10. The predicted molar refractivity (Wildman–Crippen MR) is 63.1 cm³/mol. The number of nitrogen functional groups attached to an aromatic ring is 1. The largest absolute Gasteiger partial charge is 0.463 e. The van der Waals surface area contributed by atoms with Crippen molar-refractivity contribution in [3.05, 3.63) is 29.8 Å². The quantitative estimate of drug-likeness (QED) is 0.486. The maximum atomic E-state index is 12.0. The van der Waals surface area contributed by atoms with E-state index in [0.29, 0.717) is 23.6 Å². The van der Waals surface area contributed by atoms with Crippen LogP contribution in [0.3, 0.4) is 0 Å². The molecule has 92 valence electrons. The second kappa shape index (κ2) is 6.52. The first-order chi connectivity index (χ1) is 8.17. The van der Waals surface area contributed by atoms with Crippen molar-refractivity contribution in [2.75, 3.05) is 19.2 Å². The summed E-state index contributed by atoms with van der Waals surface area (Å²) < 4.78 is 21.4. The maximum absolute atomic E-state index is 12.0. The molecule has 0 saturated heterocycles. The SMILES string of the molecule is CCOC(=O)/C=C/c1cc(OCF)ccc1N. The molecule has 17 heavy (non-hydrogen) atoms. The van der Waals surface area contributed by atoms with Crippen molar-refractivity contribution in [1.29, 1.82) is 0 Å². The van der Waals surface area contributed by atoms with Crippen LogP contribution in [0.4, 0.5) is 10.1 Å². The normalized spacial score (nSPS) is 10.5. The number of esters is 1. The molecule has 0 aliphatic carbocycles. The molecule has 0 atom stereocenters. The van der Waals surface area contributed by atoms with Gasteiger partial charge in [-0.2, -0.15) is 0 Å². The molecular formula is C12H14FNO3. The Hall–Kier alpha value is -2.04. The number of hydrogen-bond donors (Lipinski definition) is 1. The molecule has 0 fully saturated rings. The molecule has 0 saturated carbocycles. The second-order valence-corrected chi connectivity index (χ2v) is 3.13. The third-order valence-electron chi connectivity index (χ3n) is 1.97. The van der Waals surface area contributed by atoms with Gasteiger partial charge in [0.1, 0.15) is 5.75 Å². The lowest BCUT2D eigenvalue weighted by Crippen LogP contribution is -1.99. The monoisotopic (exact) mass is 239 g/mol. The molecule has 1 aromatic carbocycles. The second-order valence-electron chi connectivity index (χ2n) is 3.13. The highest BCUT2D eigenvalue weighted by atomic mass is 19.1. The smallest absolute Gasteiger partial charge is 0.330 e. The zero-order valence-electron chi connectivity index (χ0n) is 9.48. The van der Waals surface area contributed by atoms with Gasteiger partial charge in [-0.15, -0.1) is 0 Å². The Balaban J connectivity index is 2.81. The molecule has 0 amide bonds. The molecule has 0 aromatic heterocycles. The molecule has 0 spiro atoms. The Bertz CT molecular complexity index is 418. The molecule has 1 aromatic rings. The van der Waals surface area contributed by atoms with Crippen LogP contribution in [0, 0.1) is 0 Å². The van der Waals surface area contributed by atoms with Gasteiger partial charge in [0.05, 0.1) is 6.61 Å². The Morgan fingerprint density at radius 1 is 1.53 bits per heavy atom. The zero-order chi connectivity index (χ0) is 12.7. The summed E-state index contributed by atoms with van der Waals surface area (Å²) in [5, 5.41) is 0. The van der Waals surface area contributed by atoms with Crippen LogP contribution in [0.1, 0.15) is 12.5 Å². The first kappa shape index (κ1) is 13.0. The van der Waals surface area contributed by atoms with Gasteiger partial charge in [0, 0.05) is 17.3 Å². The van der Waals surface area contributed by atoms with Crippen molar-refractivity contribution in [2.24, 2.45) is 0 Å². The highest BCUT2D eigenvalue weighted by Gasteiger charge is 2.00. The van der Waals surface area contributed by atoms with E-state index in [4.69, 9.17) is 10.5 Å². The van der Waals surface area contributed by atoms with Crippen LogP contribution in [0.25, 0.3) is 6.08 Å². The Labute approximate surface area is 98.8 Å². The number of anilines is 1. The topological polar surface area (TPSA) is 61.5 Å². The van der Waals surface area contributed by atoms with Crippen molar-refractivity contribution >= 4 is 17.7 Å². The third-order valence-corrected chi connectivity index (χ3v) is 1.97. The average molecular weight is 239 g/mol. The first-order valence-electron chi connectivity index (χ1n) is 5.10. The summed E-state index contributed by atoms with van der Waals surface area (Å²) in [6.45, 7) is 1.12. The minimum absolute atomic E-state index is 0.309. The van der Waals surface area contributed by atoms with Crippen LogP contribution in [-0.2, 0) is 9.53 Å². The van der Waals surface area contributed by atoms with Gasteiger partial charge in [0.2, 0.25) is 6.86 Å². The number of ether oxygens (including phenoxy) is 2. The minimum Gasteiger partial charge on any atom is -0.463 e. The summed E-state index contributed by atoms with van der Waals surface area (Å²) >= 11 is 0. The standard InChI is InChI=1S/C12H14FNO3/c1-2-16-12(15)6-3-9-7-10(17-8-13)4-5-11(9)14/h3-7H,2,8,14H2,1H3/b6-3+. The summed E-state index contributed by atoms with van der Waals surface area (Å²) in [5.41, 5.74) is 6.74. The van der Waals surface area contributed by atoms with Crippen molar-refractivity contribution in [3.8, 4) is 5.75 Å². The molecule has 1 rings (SSSR count). The van der Waals surface area contributed by atoms with Gasteiger partial charge in [-0.3, -0.25) is 0 Å². The molecule has 5 heteroatoms. The number of alkyl halides is 1. The molecule has 0 unspecified atom stereocenters. The van der Waals surface area contributed by atoms with Gasteiger partial charge < -0.3 is 15.2 Å². The van der Waals surface area contributed by atoms with Crippen molar-refractivity contribution in [2.45, 2.75) is 6.92 Å². The zero-order valence-corrected chi connectivity index (χ0v) is 9.48. The summed E-state index contributed by atoms with van der Waals surface area (Å²) in [7, 11) is 0. The van der Waals surface area contributed by atoms with E-state index in [1.165, 1.54) is 12.2 Å². The molecule has 0 aliphatic rings. The Morgan fingerprint density at radius 2 is 2.29 bits per heavy atom. The van der Waals surface area contributed by atoms with Crippen LogP contribution in [-0.4, -0.2) is 19.4 Å². The molecular weight excluding hydrogens is 225 g/mol. The third kappa shape index (κ3) is 4.14. The van der Waals surface area contributed by atoms with Crippen LogP contribution in [0.2, 0.25) is 0 Å². The maximum Gasteiger partial charge on any atom is 0.330 e. The van der Waals surface area contributed by atoms with Crippen molar-refractivity contribution in [1.82, 2.24) is 0 Å². The van der Waals surface area contributed by atoms with E-state index in [1.807, 2.05) is 0 Å². The Morgan fingerprint density at radius 3 is 2.94 bits per heavy atom. The number of hydrogen-bond acceptors (Lipinski definition) is 4. The van der Waals surface area contributed by atoms with Gasteiger partial charge >= 0.3 is 5.97 Å².